The van der Waals surface area contributed by atoms with Crippen LogP contribution in [0.4, 0.5) is 13.2 Å². The summed E-state index contributed by atoms with van der Waals surface area (Å²) in [6.45, 7) is 8.14. The minimum Gasteiger partial charge on any atom is -0.492 e. The van der Waals surface area contributed by atoms with Gasteiger partial charge in [-0.1, -0.05) is 38.5 Å². The molecule has 0 bridgehead atoms. The Bertz CT molecular complexity index is 957. The van der Waals surface area contributed by atoms with Crippen LogP contribution in [0.1, 0.15) is 72.6 Å². The second kappa shape index (κ2) is 9.94. The fourth-order valence-electron chi connectivity index (χ4n) is 4.09. The Hall–Kier alpha value is -2.54. The number of hydrogen-bond acceptors (Lipinski definition) is 4. The molecule has 3 rings (SSSR count). The van der Waals surface area contributed by atoms with Gasteiger partial charge in [-0.05, 0) is 49.9 Å². The predicted octanol–water partition coefficient (Wildman–Crippen LogP) is 6.53. The molecule has 0 N–H and O–H groups in total. The Morgan fingerprint density at radius 3 is 2.38 bits per heavy atom. The average molecular weight is 450 g/mol. The summed E-state index contributed by atoms with van der Waals surface area (Å²) in [5.41, 5.74) is -0.379. The fraction of sp³-hybridized carbons (Fsp3) is 0.480. The van der Waals surface area contributed by atoms with Crippen LogP contribution in [-0.4, -0.2) is 23.5 Å². The Labute approximate surface area is 187 Å². The molecule has 0 aromatic heterocycles. The highest BCUT2D eigenvalue weighted by Crippen LogP contribution is 2.46. The number of carbonyl (C=O) groups is 1. The molecule has 0 saturated carbocycles. The maximum atomic E-state index is 14.2. The van der Waals surface area contributed by atoms with Crippen LogP contribution in [0.5, 0.6) is 11.5 Å². The monoisotopic (exact) mass is 449 g/mol. The molecule has 7 heteroatoms. The van der Waals surface area contributed by atoms with Crippen LogP contribution in [0.15, 0.2) is 30.3 Å². The summed E-state index contributed by atoms with van der Waals surface area (Å²) in [5, 5.41) is 0. The number of unbranched alkanes of at least 4 members (excludes halogenated alkanes) is 1. The third-order valence-electron chi connectivity index (χ3n) is 6.04. The maximum absolute atomic E-state index is 14.2. The summed E-state index contributed by atoms with van der Waals surface area (Å²) in [6, 6.07) is 8.44. The van der Waals surface area contributed by atoms with E-state index in [0.29, 0.717) is 18.7 Å². The highest BCUT2D eigenvalue weighted by Gasteiger charge is 2.43. The first-order chi connectivity index (χ1) is 15.2. The molecule has 0 spiro atoms. The van der Waals surface area contributed by atoms with Crippen LogP contribution in [0.3, 0.4) is 0 Å². The summed E-state index contributed by atoms with van der Waals surface area (Å²) in [7, 11) is 0. The van der Waals surface area contributed by atoms with E-state index in [0.717, 1.165) is 19.3 Å². The molecular formula is C25H30F3NO3. The number of fused-ring (bicyclic) bond motifs is 1. The van der Waals surface area contributed by atoms with Crippen molar-refractivity contribution < 1.29 is 27.4 Å². The summed E-state index contributed by atoms with van der Waals surface area (Å²) < 4.78 is 54.1. The number of nitrogens with zero attached hydrogens (tertiary/aromatic N) is 1. The highest BCUT2D eigenvalue weighted by atomic mass is 19.4. The number of hydrogen-bond donors (Lipinski definition) is 0. The lowest BCUT2D eigenvalue weighted by atomic mass is 9.91. The first-order valence-corrected chi connectivity index (χ1v) is 11.1. The van der Waals surface area contributed by atoms with Crippen molar-refractivity contribution in [3.8, 4) is 11.5 Å². The van der Waals surface area contributed by atoms with Crippen LogP contribution < -0.4 is 9.47 Å². The zero-order valence-corrected chi connectivity index (χ0v) is 19.0. The lowest BCUT2D eigenvalue weighted by Gasteiger charge is -2.22. The van der Waals surface area contributed by atoms with Crippen molar-refractivity contribution in [3.05, 3.63) is 58.1 Å². The van der Waals surface area contributed by atoms with Crippen molar-refractivity contribution in [1.29, 1.82) is 0 Å². The van der Waals surface area contributed by atoms with Gasteiger partial charge in [-0.25, -0.2) is 4.79 Å². The number of ether oxygens (including phenoxy) is 2. The minimum absolute atomic E-state index is 0.104. The first-order valence-electron chi connectivity index (χ1n) is 11.1. The van der Waals surface area contributed by atoms with Gasteiger partial charge in [0.15, 0.2) is 0 Å². The summed E-state index contributed by atoms with van der Waals surface area (Å²) in [4.78, 5) is 15.2. The van der Waals surface area contributed by atoms with E-state index in [4.69, 9.17) is 9.47 Å². The van der Waals surface area contributed by atoms with E-state index in [1.165, 1.54) is 6.92 Å². The summed E-state index contributed by atoms with van der Waals surface area (Å²) in [5.74, 6) is -0.340. The van der Waals surface area contributed by atoms with Crippen molar-refractivity contribution in [2.24, 2.45) is 0 Å². The molecular weight excluding hydrogens is 419 g/mol. The van der Waals surface area contributed by atoms with E-state index in [1.54, 1.807) is 30.3 Å². The van der Waals surface area contributed by atoms with E-state index in [2.05, 4.69) is 0 Å². The molecule has 0 unspecified atom stereocenters. The van der Waals surface area contributed by atoms with Crippen molar-refractivity contribution in [1.82, 2.24) is 4.90 Å². The van der Waals surface area contributed by atoms with Crippen LogP contribution in [-0.2, 0) is 19.3 Å². The number of alkyl halides is 3. The van der Waals surface area contributed by atoms with E-state index in [-0.39, 0.29) is 40.8 Å². The highest BCUT2D eigenvalue weighted by molar-refractivity contribution is 5.97. The van der Waals surface area contributed by atoms with E-state index in [1.807, 2.05) is 25.7 Å². The summed E-state index contributed by atoms with van der Waals surface area (Å²) >= 11 is 0. The molecule has 0 fully saturated rings. The molecule has 0 amide bonds. The molecule has 2 aromatic rings. The number of para-hydroxylation sites is 1. The van der Waals surface area contributed by atoms with Crippen LogP contribution in [0.25, 0.3) is 0 Å². The van der Waals surface area contributed by atoms with Crippen molar-refractivity contribution in [3.63, 3.8) is 0 Å². The third-order valence-corrected chi connectivity index (χ3v) is 6.04. The quantitative estimate of drug-likeness (QED) is 0.261. The summed E-state index contributed by atoms with van der Waals surface area (Å²) in [6.07, 6.45) is -2.19. The van der Waals surface area contributed by atoms with Gasteiger partial charge < -0.3 is 9.47 Å². The molecule has 1 aliphatic rings. The van der Waals surface area contributed by atoms with E-state index >= 15 is 0 Å². The molecule has 4 nitrogen and oxygen atoms in total. The maximum Gasteiger partial charge on any atom is 0.417 e. The van der Waals surface area contributed by atoms with Gasteiger partial charge in [-0.3, -0.25) is 4.90 Å². The molecule has 174 valence electrons. The Morgan fingerprint density at radius 1 is 1.12 bits per heavy atom. The number of halogens is 3. The first kappa shape index (κ1) is 24.1. The molecule has 0 radical (unpaired) electrons. The van der Waals surface area contributed by atoms with E-state index in [9.17, 15) is 18.0 Å². The van der Waals surface area contributed by atoms with Gasteiger partial charge >= 0.3 is 12.1 Å². The predicted molar refractivity (Wildman–Crippen MR) is 117 cm³/mol. The number of carbonyl (C=O) groups excluding carboxylic acids is 1. The lowest BCUT2D eigenvalue weighted by molar-refractivity contribution is -0.138. The lowest BCUT2D eigenvalue weighted by Crippen LogP contribution is -2.27. The fourth-order valence-corrected chi connectivity index (χ4v) is 4.09. The Balaban J connectivity index is 2.17. The normalized spacial score (nSPS) is 14.8. The molecule has 1 atom stereocenters. The second-order valence-electron chi connectivity index (χ2n) is 8.23. The van der Waals surface area contributed by atoms with Crippen molar-refractivity contribution in [2.45, 2.75) is 72.3 Å². The topological polar surface area (TPSA) is 38.8 Å². The largest absolute Gasteiger partial charge is 0.492 e. The van der Waals surface area contributed by atoms with Crippen LogP contribution in [0.2, 0.25) is 0 Å². The van der Waals surface area contributed by atoms with E-state index < -0.39 is 17.7 Å². The van der Waals surface area contributed by atoms with Gasteiger partial charge in [0.05, 0.1) is 12.2 Å². The molecule has 0 aliphatic carbocycles. The standard InChI is InChI=1S/C25H30F3NO3/c1-5-7-13-31-23-20-15-29(16(3)6-2)14-19(20)22(25(26,27)28)17(4)21(23)24(30)32-18-11-9-8-10-12-18/h8-12,16H,5-7,13-15H2,1-4H3/t16-/m1/s1. The zero-order chi connectivity index (χ0) is 23.5. The molecule has 0 saturated heterocycles. The molecule has 1 heterocycles. The van der Waals surface area contributed by atoms with Gasteiger partial charge in [-0.2, -0.15) is 13.2 Å². The Kier molecular flexibility index (Phi) is 7.49. The number of benzene rings is 2. The average Bonchev–Trinajstić information content (AvgIpc) is 3.17. The van der Waals surface area contributed by atoms with Gasteiger partial charge in [0.1, 0.15) is 17.1 Å². The van der Waals surface area contributed by atoms with Gasteiger partial charge in [0, 0.05) is 24.7 Å². The minimum atomic E-state index is -4.59. The van der Waals surface area contributed by atoms with Gasteiger partial charge in [0.2, 0.25) is 0 Å². The second-order valence-corrected chi connectivity index (χ2v) is 8.23. The number of rotatable bonds is 8. The van der Waals surface area contributed by atoms with Gasteiger partial charge in [-0.15, -0.1) is 0 Å². The molecule has 2 aromatic carbocycles. The smallest absolute Gasteiger partial charge is 0.417 e. The molecule has 32 heavy (non-hydrogen) atoms. The van der Waals surface area contributed by atoms with Crippen molar-refractivity contribution >= 4 is 5.97 Å². The SMILES string of the molecule is CCCCOc1c2c(c(C(F)(F)F)c(C)c1C(=O)Oc1ccccc1)CN([C@H](C)CC)C2. The Morgan fingerprint density at radius 2 is 1.78 bits per heavy atom. The van der Waals surface area contributed by atoms with Gasteiger partial charge in [0.25, 0.3) is 0 Å². The molecule has 1 aliphatic heterocycles. The third kappa shape index (κ3) is 4.93. The van der Waals surface area contributed by atoms with Crippen LogP contribution >= 0.6 is 0 Å². The zero-order valence-electron chi connectivity index (χ0n) is 19.0. The van der Waals surface area contributed by atoms with Crippen molar-refractivity contribution in [2.75, 3.05) is 6.61 Å². The number of esters is 1. The van der Waals surface area contributed by atoms with Crippen LogP contribution in [0, 0.1) is 6.92 Å².